The maximum absolute atomic E-state index is 11.4. The number of hydrogen-bond acceptors (Lipinski definition) is 3. The van der Waals surface area contributed by atoms with Gasteiger partial charge in [-0.2, -0.15) is 0 Å². The zero-order valence-electron chi connectivity index (χ0n) is 15.9. The van der Waals surface area contributed by atoms with E-state index in [4.69, 9.17) is 21.3 Å². The molecule has 3 heterocycles. The van der Waals surface area contributed by atoms with Gasteiger partial charge in [0.2, 0.25) is 0 Å². The predicted octanol–water partition coefficient (Wildman–Crippen LogP) is 5.32. The van der Waals surface area contributed by atoms with Crippen LogP contribution in [0.4, 0.5) is 0 Å². The van der Waals surface area contributed by atoms with E-state index in [0.29, 0.717) is 18.1 Å². The zero-order valence-corrected chi connectivity index (χ0v) is 16.7. The molecule has 0 radical (unpaired) electrons. The first-order valence-electron chi connectivity index (χ1n) is 10.1. The van der Waals surface area contributed by atoms with Gasteiger partial charge < -0.3 is 13.9 Å². The van der Waals surface area contributed by atoms with Gasteiger partial charge in [-0.3, -0.25) is 4.79 Å². The Balaban J connectivity index is 1.63. The van der Waals surface area contributed by atoms with Gasteiger partial charge in [-0.05, 0) is 43.0 Å². The van der Waals surface area contributed by atoms with Crippen molar-refractivity contribution >= 4 is 39.8 Å². The highest BCUT2D eigenvalue weighted by Gasteiger charge is 2.26. The van der Waals surface area contributed by atoms with Gasteiger partial charge in [0.15, 0.2) is 5.82 Å². The number of carbonyl (C=O) groups is 1. The van der Waals surface area contributed by atoms with Crippen LogP contribution in [0.1, 0.15) is 29.6 Å². The summed E-state index contributed by atoms with van der Waals surface area (Å²) in [6.07, 6.45) is 4.68. The molecule has 0 N–H and O–H groups in total. The molecule has 0 spiro atoms. The van der Waals surface area contributed by atoms with E-state index in [0.717, 1.165) is 63.6 Å². The molecular formula is C23H20ClN3O2. The van der Waals surface area contributed by atoms with Crippen LogP contribution >= 0.6 is 11.6 Å². The summed E-state index contributed by atoms with van der Waals surface area (Å²) in [6.45, 7) is 2.25. The fourth-order valence-corrected chi connectivity index (χ4v) is 4.96. The molecule has 1 aliphatic heterocycles. The number of nitrogens with zero attached hydrogens (tertiary/aromatic N) is 3. The van der Waals surface area contributed by atoms with Crippen LogP contribution < -0.4 is 4.74 Å². The second kappa shape index (κ2) is 6.36. The maximum atomic E-state index is 11.4. The second-order valence-corrected chi connectivity index (χ2v) is 8.46. The molecule has 1 aliphatic carbocycles. The lowest BCUT2D eigenvalue weighted by molar-refractivity contribution is 0.112. The quantitative estimate of drug-likeness (QED) is 0.432. The second-order valence-electron chi connectivity index (χ2n) is 8.05. The smallest absolute Gasteiger partial charge is 0.158 e. The Morgan fingerprint density at radius 2 is 2.10 bits per heavy atom. The van der Waals surface area contributed by atoms with Gasteiger partial charge in [0.25, 0.3) is 0 Å². The minimum atomic E-state index is 0.567. The predicted molar refractivity (Wildman–Crippen MR) is 114 cm³/mol. The fraction of sp³-hybridized carbons (Fsp3) is 0.304. The fourth-order valence-electron chi connectivity index (χ4n) is 4.68. The summed E-state index contributed by atoms with van der Waals surface area (Å²) < 4.78 is 10.4. The summed E-state index contributed by atoms with van der Waals surface area (Å²) in [7, 11) is 0. The minimum Gasteiger partial charge on any atom is -0.489 e. The van der Waals surface area contributed by atoms with Crippen molar-refractivity contribution in [1.29, 1.82) is 0 Å². The first kappa shape index (κ1) is 17.1. The minimum absolute atomic E-state index is 0.567. The molecule has 6 heteroatoms. The van der Waals surface area contributed by atoms with E-state index in [9.17, 15) is 4.79 Å². The van der Waals surface area contributed by atoms with Crippen LogP contribution in [-0.2, 0) is 13.1 Å². The number of rotatable bonds is 4. The summed E-state index contributed by atoms with van der Waals surface area (Å²) in [4.78, 5) is 16.3. The molecule has 0 atom stereocenters. The summed E-state index contributed by atoms with van der Waals surface area (Å²) in [6, 6.07) is 11.9. The van der Waals surface area contributed by atoms with E-state index in [-0.39, 0.29) is 0 Å². The molecule has 0 amide bonds. The van der Waals surface area contributed by atoms with Crippen LogP contribution in [0, 0.1) is 5.92 Å². The molecule has 146 valence electrons. The van der Waals surface area contributed by atoms with Crippen molar-refractivity contribution in [2.45, 2.75) is 32.4 Å². The number of aldehydes is 1. The molecule has 1 saturated carbocycles. The largest absolute Gasteiger partial charge is 0.489 e. The molecule has 0 bridgehead atoms. The third-order valence-corrected chi connectivity index (χ3v) is 6.61. The third-order valence-electron chi connectivity index (χ3n) is 6.30. The lowest BCUT2D eigenvalue weighted by atomic mass is 9.85. The van der Waals surface area contributed by atoms with Crippen LogP contribution in [0.25, 0.3) is 33.5 Å². The number of benzene rings is 2. The lowest BCUT2D eigenvalue weighted by Crippen LogP contribution is -2.20. The summed E-state index contributed by atoms with van der Waals surface area (Å²) in [5.41, 5.74) is 4.51. The number of imidazole rings is 1. The highest BCUT2D eigenvalue weighted by molar-refractivity contribution is 6.35. The SMILES string of the molecule is O=Cc1cc2c3c(c1)nc(-c1cc4cccc(Cl)c4n1CC1CCC1)n3CCO2. The average Bonchev–Trinajstić information content (AvgIpc) is 3.25. The number of hydrogen-bond donors (Lipinski definition) is 0. The molecule has 0 saturated heterocycles. The van der Waals surface area contributed by atoms with Gasteiger partial charge in [0.1, 0.15) is 24.2 Å². The molecule has 6 rings (SSSR count). The van der Waals surface area contributed by atoms with Crippen molar-refractivity contribution in [2.24, 2.45) is 5.92 Å². The van der Waals surface area contributed by atoms with E-state index in [1.54, 1.807) is 6.07 Å². The molecule has 2 aromatic heterocycles. The summed E-state index contributed by atoms with van der Waals surface area (Å²) in [5, 5.41) is 1.91. The van der Waals surface area contributed by atoms with Crippen LogP contribution in [0.5, 0.6) is 5.75 Å². The van der Waals surface area contributed by atoms with E-state index in [1.165, 1.54) is 19.3 Å². The standard InChI is InChI=1S/C23H20ClN3O2/c24-17-6-2-5-16-11-19(27(21(16)17)12-14-3-1-4-14)23-25-18-9-15(13-28)10-20-22(18)26(23)7-8-29-20/h2,5-6,9-11,13-14H,1,3-4,7-8,12H2. The van der Waals surface area contributed by atoms with Crippen molar-refractivity contribution in [1.82, 2.24) is 14.1 Å². The van der Waals surface area contributed by atoms with Gasteiger partial charge in [-0.1, -0.05) is 30.2 Å². The van der Waals surface area contributed by atoms with Crippen molar-refractivity contribution in [3.63, 3.8) is 0 Å². The summed E-state index contributed by atoms with van der Waals surface area (Å²) in [5.74, 6) is 2.33. The van der Waals surface area contributed by atoms with Crippen molar-refractivity contribution in [3.05, 3.63) is 47.0 Å². The van der Waals surface area contributed by atoms with Gasteiger partial charge >= 0.3 is 0 Å². The Hall–Kier alpha value is -2.79. The van der Waals surface area contributed by atoms with Crippen molar-refractivity contribution < 1.29 is 9.53 Å². The molecule has 1 fully saturated rings. The van der Waals surface area contributed by atoms with Crippen molar-refractivity contribution in [3.8, 4) is 17.3 Å². The average molecular weight is 406 g/mol. The van der Waals surface area contributed by atoms with E-state index in [1.807, 2.05) is 18.2 Å². The highest BCUT2D eigenvalue weighted by atomic mass is 35.5. The molecular weight excluding hydrogens is 386 g/mol. The molecule has 5 nitrogen and oxygen atoms in total. The Kier molecular flexibility index (Phi) is 3.75. The first-order valence-corrected chi connectivity index (χ1v) is 10.5. The van der Waals surface area contributed by atoms with Gasteiger partial charge in [0.05, 0.1) is 28.3 Å². The van der Waals surface area contributed by atoms with E-state index < -0.39 is 0 Å². The molecule has 0 unspecified atom stereocenters. The van der Waals surface area contributed by atoms with E-state index in [2.05, 4.69) is 21.3 Å². The molecule has 2 aromatic carbocycles. The number of aromatic nitrogens is 3. The molecule has 4 aromatic rings. The molecule has 2 aliphatic rings. The zero-order chi connectivity index (χ0) is 19.5. The van der Waals surface area contributed by atoms with Gasteiger partial charge in [0, 0.05) is 17.5 Å². The Bertz CT molecular complexity index is 1280. The van der Waals surface area contributed by atoms with Crippen LogP contribution in [0.15, 0.2) is 36.4 Å². The topological polar surface area (TPSA) is 49.0 Å². The highest BCUT2D eigenvalue weighted by Crippen LogP contribution is 2.39. The van der Waals surface area contributed by atoms with Crippen molar-refractivity contribution in [2.75, 3.05) is 6.61 Å². The lowest BCUT2D eigenvalue weighted by Gasteiger charge is -2.27. The van der Waals surface area contributed by atoms with Gasteiger partial charge in [-0.15, -0.1) is 0 Å². The number of fused-ring (bicyclic) bond motifs is 1. The number of ether oxygens (including phenoxy) is 1. The normalized spacial score (nSPS) is 16.2. The maximum Gasteiger partial charge on any atom is 0.158 e. The Morgan fingerprint density at radius 1 is 1.21 bits per heavy atom. The van der Waals surface area contributed by atoms with E-state index >= 15 is 0 Å². The third kappa shape index (κ3) is 2.53. The van der Waals surface area contributed by atoms with Crippen LogP contribution in [0.2, 0.25) is 5.02 Å². The number of para-hydroxylation sites is 1. The first-order chi connectivity index (χ1) is 14.2. The summed E-state index contributed by atoms with van der Waals surface area (Å²) >= 11 is 6.63. The van der Waals surface area contributed by atoms with Crippen LogP contribution in [0.3, 0.4) is 0 Å². The number of halogens is 1. The Labute approximate surface area is 172 Å². The van der Waals surface area contributed by atoms with Crippen LogP contribution in [-0.4, -0.2) is 27.0 Å². The Morgan fingerprint density at radius 3 is 2.90 bits per heavy atom. The van der Waals surface area contributed by atoms with Gasteiger partial charge in [-0.25, -0.2) is 4.98 Å². The monoisotopic (exact) mass is 405 g/mol. The molecule has 29 heavy (non-hydrogen) atoms. The number of carbonyl (C=O) groups excluding carboxylic acids is 1.